The lowest BCUT2D eigenvalue weighted by Crippen LogP contribution is -2.54. The van der Waals surface area contributed by atoms with Gasteiger partial charge in [-0.25, -0.2) is 0 Å². The predicted octanol–water partition coefficient (Wildman–Crippen LogP) is 2.08. The Bertz CT molecular complexity index is 1960. The number of aromatic hydroxyl groups is 1. The average Bonchev–Trinajstić information content (AvgIpc) is 3.71. The molecule has 2 bridgehead atoms. The highest BCUT2D eigenvalue weighted by Gasteiger charge is 2.82. The first-order valence-corrected chi connectivity index (χ1v) is 13.4. The van der Waals surface area contributed by atoms with E-state index in [4.69, 9.17) is 10.5 Å². The molecule has 3 aromatic rings. The summed E-state index contributed by atoms with van der Waals surface area (Å²) in [6.45, 7) is 1.49. The van der Waals surface area contributed by atoms with Crippen LogP contribution in [0.4, 0.5) is 17.1 Å². The van der Waals surface area contributed by atoms with Gasteiger partial charge in [-0.15, -0.1) is 0 Å². The Balaban J connectivity index is 1.37. The van der Waals surface area contributed by atoms with Gasteiger partial charge in [-0.1, -0.05) is 23.7 Å². The van der Waals surface area contributed by atoms with Crippen molar-refractivity contribution in [1.82, 2.24) is 0 Å². The van der Waals surface area contributed by atoms with Crippen molar-refractivity contribution in [3.05, 3.63) is 94.1 Å². The molecule has 0 aromatic heterocycles. The van der Waals surface area contributed by atoms with E-state index in [-0.39, 0.29) is 39.2 Å². The second-order valence-corrected chi connectivity index (χ2v) is 10.8. The summed E-state index contributed by atoms with van der Waals surface area (Å²) < 4.78 is 6.18. The van der Waals surface area contributed by atoms with Crippen molar-refractivity contribution in [2.24, 2.45) is 0 Å². The number of aliphatic hydroxyl groups is 2. The summed E-state index contributed by atoms with van der Waals surface area (Å²) in [5, 5.41) is 39.3. The number of nitrogens with two attached hydrogens (primary N) is 1. The Kier molecular flexibility index (Phi) is 5.58. The summed E-state index contributed by atoms with van der Waals surface area (Å²) in [4.78, 5) is 40.7. The normalized spacial score (nSPS) is 26.8. The highest BCUT2D eigenvalue weighted by molar-refractivity contribution is 6.31. The van der Waals surface area contributed by atoms with Gasteiger partial charge in [-0.3, -0.25) is 14.4 Å². The number of ketones is 2. The first-order chi connectivity index (χ1) is 20.6. The van der Waals surface area contributed by atoms with E-state index in [1.807, 2.05) is 0 Å². The molecule has 7 rings (SSSR count). The number of rotatable bonds is 3. The standard InChI is InChI=1S/C33H23N3O7/c1-16(37)32-24-6-4-2-3-5-7-25(39)33(32,43-32)22-15-23(38)26-27(28(22)36-24)30(41)21-14-19(12-13-20(21)29(26)40)35-31(42)17-8-10-18(34)11-9-17/h2-3,8-16,24-25,36-39H,34H2,1H3,(H,35,42)/b3-2-/t16?,24-,25+,32+,33-/m0/s1. The lowest BCUT2D eigenvalue weighted by molar-refractivity contribution is 0.0867. The smallest absolute Gasteiger partial charge is 0.255 e. The maximum absolute atomic E-state index is 14.2. The number of anilines is 3. The molecule has 1 unspecified atom stereocenters. The number of phenolic OH excluding ortho intramolecular Hbond substituents is 1. The van der Waals surface area contributed by atoms with Crippen LogP contribution in [-0.4, -0.2) is 56.6 Å². The van der Waals surface area contributed by atoms with Crippen LogP contribution in [0.5, 0.6) is 5.75 Å². The summed E-state index contributed by atoms with van der Waals surface area (Å²) in [7, 11) is 0. The molecule has 1 saturated heterocycles. The van der Waals surface area contributed by atoms with Crippen LogP contribution < -0.4 is 16.4 Å². The lowest BCUT2D eigenvalue weighted by atomic mass is 9.69. The number of aliphatic hydroxyl groups excluding tert-OH is 2. The van der Waals surface area contributed by atoms with Gasteiger partial charge in [0.2, 0.25) is 0 Å². The van der Waals surface area contributed by atoms with E-state index in [0.29, 0.717) is 11.3 Å². The molecule has 3 aromatic carbocycles. The molecule has 0 radical (unpaired) electrons. The van der Waals surface area contributed by atoms with Crippen LogP contribution in [0.1, 0.15) is 54.7 Å². The fraction of sp³-hybridized carbons (Fsp3) is 0.182. The molecule has 1 fully saturated rings. The number of nitrogen functional groups attached to an aromatic ring is 1. The monoisotopic (exact) mass is 573 g/mol. The minimum Gasteiger partial charge on any atom is -0.507 e. The van der Waals surface area contributed by atoms with Gasteiger partial charge in [0.25, 0.3) is 5.91 Å². The number of amides is 1. The predicted molar refractivity (Wildman–Crippen MR) is 156 cm³/mol. The van der Waals surface area contributed by atoms with Crippen molar-refractivity contribution in [1.29, 1.82) is 0 Å². The van der Waals surface area contributed by atoms with Gasteiger partial charge in [-0.2, -0.15) is 0 Å². The van der Waals surface area contributed by atoms with Gasteiger partial charge in [0.15, 0.2) is 28.9 Å². The number of hydrogen-bond donors (Lipinski definition) is 6. The first kappa shape index (κ1) is 26.5. The van der Waals surface area contributed by atoms with Crippen LogP contribution >= 0.6 is 0 Å². The number of hydrogen-bond acceptors (Lipinski definition) is 9. The largest absolute Gasteiger partial charge is 0.507 e. The molecule has 43 heavy (non-hydrogen) atoms. The Hall–Kier alpha value is -5.39. The molecule has 7 N–H and O–H groups in total. The molecule has 212 valence electrons. The summed E-state index contributed by atoms with van der Waals surface area (Å²) in [5.74, 6) is 9.07. The van der Waals surface area contributed by atoms with Gasteiger partial charge in [-0.05, 0) is 67.6 Å². The third-order valence-electron chi connectivity index (χ3n) is 8.39. The SMILES string of the molecule is CC(O)[C@]12O[C@]13c1cc(O)c4c(c1N[C@H]2C#C/C=C\C#C[C@H]3O)C(=O)c1cc(NC(=O)c2ccc(N)cc2)ccc1C4=O. The highest BCUT2D eigenvalue weighted by Crippen LogP contribution is 2.67. The minimum atomic E-state index is -1.66. The topological polar surface area (TPSA) is 175 Å². The fourth-order valence-corrected chi connectivity index (χ4v) is 6.36. The number of carbonyl (C=O) groups excluding carboxylic acids is 3. The third-order valence-corrected chi connectivity index (χ3v) is 8.39. The summed E-state index contributed by atoms with van der Waals surface area (Å²) in [6.07, 6.45) is 0.313. The van der Waals surface area contributed by atoms with Crippen molar-refractivity contribution in [3.8, 4) is 29.4 Å². The van der Waals surface area contributed by atoms with Crippen LogP contribution in [0.2, 0.25) is 0 Å². The number of epoxide rings is 1. The zero-order valence-electron chi connectivity index (χ0n) is 22.6. The molecule has 2 aliphatic heterocycles. The van der Waals surface area contributed by atoms with Crippen molar-refractivity contribution >= 4 is 34.5 Å². The van der Waals surface area contributed by atoms with Gasteiger partial charge in [0, 0.05) is 33.6 Å². The van der Waals surface area contributed by atoms with Gasteiger partial charge in [0.1, 0.15) is 11.8 Å². The van der Waals surface area contributed by atoms with Crippen LogP contribution in [-0.2, 0) is 10.3 Å². The molecular weight excluding hydrogens is 550 g/mol. The minimum absolute atomic E-state index is 0.00681. The molecule has 5 atom stereocenters. The molecule has 10 heteroatoms. The third kappa shape index (κ3) is 3.52. The number of nitrogens with one attached hydrogen (secondary N) is 2. The molecule has 4 aliphatic rings. The maximum atomic E-state index is 14.2. The Labute approximate surface area is 245 Å². The quantitative estimate of drug-likeness (QED) is 0.0928. The highest BCUT2D eigenvalue weighted by atomic mass is 16.7. The summed E-state index contributed by atoms with van der Waals surface area (Å²) in [6, 6.07) is 10.9. The Morgan fingerprint density at radius 1 is 1.02 bits per heavy atom. The molecule has 0 saturated carbocycles. The number of carbonyl (C=O) groups is 3. The Morgan fingerprint density at radius 2 is 1.72 bits per heavy atom. The van der Waals surface area contributed by atoms with Gasteiger partial charge in [0.05, 0.1) is 22.9 Å². The van der Waals surface area contributed by atoms with Crippen molar-refractivity contribution in [2.45, 2.75) is 36.4 Å². The zero-order chi connectivity index (χ0) is 30.3. The number of allylic oxidation sites excluding steroid dienone is 2. The van der Waals surface area contributed by atoms with Crippen molar-refractivity contribution in [3.63, 3.8) is 0 Å². The van der Waals surface area contributed by atoms with Crippen LogP contribution in [0.15, 0.2) is 60.7 Å². The fourth-order valence-electron chi connectivity index (χ4n) is 6.36. The van der Waals surface area contributed by atoms with E-state index in [1.54, 1.807) is 24.3 Å². The van der Waals surface area contributed by atoms with E-state index in [2.05, 4.69) is 34.3 Å². The van der Waals surface area contributed by atoms with Crippen molar-refractivity contribution in [2.75, 3.05) is 16.4 Å². The van der Waals surface area contributed by atoms with Crippen LogP contribution in [0.3, 0.4) is 0 Å². The summed E-state index contributed by atoms with van der Waals surface area (Å²) in [5.41, 5.74) is 3.68. The van der Waals surface area contributed by atoms with E-state index in [1.165, 1.54) is 43.3 Å². The zero-order valence-corrected chi connectivity index (χ0v) is 22.6. The summed E-state index contributed by atoms with van der Waals surface area (Å²) >= 11 is 0. The molecule has 2 heterocycles. The number of benzene rings is 3. The van der Waals surface area contributed by atoms with E-state index in [0.717, 1.165) is 0 Å². The second kappa shape index (κ2) is 9.05. The molecular formula is C33H23N3O7. The lowest BCUT2D eigenvalue weighted by Gasteiger charge is -2.37. The molecule has 0 spiro atoms. The molecule has 1 amide bonds. The first-order valence-electron chi connectivity index (χ1n) is 13.4. The second-order valence-electron chi connectivity index (χ2n) is 10.8. The van der Waals surface area contributed by atoms with Crippen LogP contribution in [0.25, 0.3) is 0 Å². The number of phenols is 1. The average molecular weight is 574 g/mol. The van der Waals surface area contributed by atoms with E-state index < -0.39 is 52.7 Å². The van der Waals surface area contributed by atoms with Gasteiger partial charge >= 0.3 is 0 Å². The van der Waals surface area contributed by atoms with E-state index in [9.17, 15) is 29.7 Å². The van der Waals surface area contributed by atoms with Crippen molar-refractivity contribution < 1.29 is 34.4 Å². The molecule has 2 aliphatic carbocycles. The van der Waals surface area contributed by atoms with Gasteiger partial charge < -0.3 is 36.4 Å². The number of ether oxygens (including phenoxy) is 1. The Morgan fingerprint density at radius 3 is 2.44 bits per heavy atom. The van der Waals surface area contributed by atoms with E-state index >= 15 is 0 Å². The molecule has 10 nitrogen and oxygen atoms in total. The maximum Gasteiger partial charge on any atom is 0.255 e. The number of fused-ring (bicyclic) bond motifs is 4. The van der Waals surface area contributed by atoms with Crippen LogP contribution in [0, 0.1) is 23.7 Å².